The van der Waals surface area contributed by atoms with E-state index in [1.807, 2.05) is 49.1 Å². The summed E-state index contributed by atoms with van der Waals surface area (Å²) in [4.78, 5) is 26.3. The van der Waals surface area contributed by atoms with Crippen LogP contribution >= 0.6 is 0 Å². The third-order valence-electron chi connectivity index (χ3n) is 4.56. The van der Waals surface area contributed by atoms with Crippen LogP contribution in [-0.4, -0.2) is 48.7 Å². The molecule has 1 heterocycles. The van der Waals surface area contributed by atoms with Crippen molar-refractivity contribution < 1.29 is 19.1 Å². The van der Waals surface area contributed by atoms with Gasteiger partial charge in [-0.1, -0.05) is 44.2 Å². The standard InChI is InChI=1S/C20H30N2O4/c1-4-25-20(24)21-18(15(2)3)19(23)22-12-10-17(11-13-22)26-14-16-8-6-5-7-9-16/h5-9,15,17-18H,4,10-14H2,1-3H3,(H,21,24). The fourth-order valence-corrected chi connectivity index (χ4v) is 3.04. The van der Waals surface area contributed by atoms with Gasteiger partial charge in [-0.25, -0.2) is 4.79 Å². The summed E-state index contributed by atoms with van der Waals surface area (Å²) in [6, 6.07) is 9.53. The Morgan fingerprint density at radius 1 is 1.19 bits per heavy atom. The first kappa shape index (κ1) is 20.2. The Balaban J connectivity index is 1.81. The van der Waals surface area contributed by atoms with E-state index in [0.29, 0.717) is 19.7 Å². The van der Waals surface area contributed by atoms with Gasteiger partial charge in [0.05, 0.1) is 19.3 Å². The van der Waals surface area contributed by atoms with Gasteiger partial charge in [-0.15, -0.1) is 0 Å². The minimum atomic E-state index is -0.559. The van der Waals surface area contributed by atoms with Gasteiger partial charge in [-0.05, 0) is 31.2 Å². The molecule has 0 saturated carbocycles. The van der Waals surface area contributed by atoms with Crippen molar-refractivity contribution in [1.29, 1.82) is 0 Å². The maximum absolute atomic E-state index is 12.8. The van der Waals surface area contributed by atoms with Gasteiger partial charge < -0.3 is 19.7 Å². The molecule has 1 aromatic rings. The Hall–Kier alpha value is -2.08. The van der Waals surface area contributed by atoms with Crippen LogP contribution in [0.25, 0.3) is 0 Å². The molecule has 0 aromatic heterocycles. The molecular formula is C20H30N2O4. The largest absolute Gasteiger partial charge is 0.450 e. The molecule has 1 fully saturated rings. The molecular weight excluding hydrogens is 332 g/mol. The molecule has 6 heteroatoms. The van der Waals surface area contributed by atoms with Gasteiger partial charge in [0.2, 0.25) is 5.91 Å². The lowest BCUT2D eigenvalue weighted by Gasteiger charge is -2.35. The highest BCUT2D eigenvalue weighted by Gasteiger charge is 2.31. The van der Waals surface area contributed by atoms with E-state index in [4.69, 9.17) is 9.47 Å². The Bertz CT molecular complexity index is 568. The Labute approximate surface area is 155 Å². The molecule has 0 spiro atoms. The molecule has 1 aliphatic rings. The predicted molar refractivity (Wildman–Crippen MR) is 99.6 cm³/mol. The number of carbonyl (C=O) groups excluding carboxylic acids is 2. The van der Waals surface area contributed by atoms with Crippen molar-refractivity contribution in [3.63, 3.8) is 0 Å². The molecule has 6 nitrogen and oxygen atoms in total. The molecule has 1 aromatic carbocycles. The molecule has 2 amide bonds. The van der Waals surface area contributed by atoms with Gasteiger partial charge in [-0.3, -0.25) is 4.79 Å². The molecule has 26 heavy (non-hydrogen) atoms. The Kier molecular flexibility index (Phi) is 7.91. The quantitative estimate of drug-likeness (QED) is 0.810. The number of ether oxygens (including phenoxy) is 2. The molecule has 2 rings (SSSR count). The molecule has 0 radical (unpaired) electrons. The number of likely N-dealkylation sites (tertiary alicyclic amines) is 1. The zero-order valence-corrected chi connectivity index (χ0v) is 15.9. The SMILES string of the molecule is CCOC(=O)NC(C(=O)N1CCC(OCc2ccccc2)CC1)C(C)C. The third-order valence-corrected chi connectivity index (χ3v) is 4.56. The number of amides is 2. The third kappa shape index (κ3) is 6.02. The number of nitrogens with one attached hydrogen (secondary N) is 1. The second-order valence-corrected chi connectivity index (χ2v) is 6.91. The van der Waals surface area contributed by atoms with Crippen LogP contribution in [0.5, 0.6) is 0 Å². The van der Waals surface area contributed by atoms with Gasteiger partial charge in [0.1, 0.15) is 6.04 Å². The van der Waals surface area contributed by atoms with Crippen LogP contribution < -0.4 is 5.32 Å². The fourth-order valence-electron chi connectivity index (χ4n) is 3.04. The normalized spacial score (nSPS) is 16.4. The summed E-state index contributed by atoms with van der Waals surface area (Å²) in [6.07, 6.45) is 1.24. The number of rotatable bonds is 7. The van der Waals surface area contributed by atoms with Crippen LogP contribution in [-0.2, 0) is 20.9 Å². The maximum atomic E-state index is 12.8. The van der Waals surface area contributed by atoms with E-state index in [-0.39, 0.29) is 24.5 Å². The average molecular weight is 362 g/mol. The van der Waals surface area contributed by atoms with Crippen LogP contribution in [0.15, 0.2) is 30.3 Å². The second-order valence-electron chi connectivity index (χ2n) is 6.91. The lowest BCUT2D eigenvalue weighted by Crippen LogP contribution is -2.53. The smallest absolute Gasteiger partial charge is 0.407 e. The van der Waals surface area contributed by atoms with Crippen LogP contribution in [0.1, 0.15) is 39.2 Å². The molecule has 1 N–H and O–H groups in total. The topological polar surface area (TPSA) is 67.9 Å². The van der Waals surface area contributed by atoms with Gasteiger partial charge >= 0.3 is 6.09 Å². The zero-order valence-electron chi connectivity index (χ0n) is 15.9. The second kappa shape index (κ2) is 10.2. The molecule has 1 aliphatic heterocycles. The highest BCUT2D eigenvalue weighted by molar-refractivity contribution is 5.86. The van der Waals surface area contributed by atoms with Crippen LogP contribution in [0.2, 0.25) is 0 Å². The van der Waals surface area contributed by atoms with Crippen LogP contribution in [0, 0.1) is 5.92 Å². The van der Waals surface area contributed by atoms with Crippen molar-refractivity contribution in [1.82, 2.24) is 10.2 Å². The number of piperidine rings is 1. The van der Waals surface area contributed by atoms with E-state index in [1.165, 1.54) is 0 Å². The number of nitrogens with zero attached hydrogens (tertiary/aromatic N) is 1. The minimum Gasteiger partial charge on any atom is -0.450 e. The monoisotopic (exact) mass is 362 g/mol. The van der Waals surface area contributed by atoms with Crippen molar-refractivity contribution in [2.75, 3.05) is 19.7 Å². The molecule has 0 aliphatic carbocycles. The van der Waals surface area contributed by atoms with Crippen molar-refractivity contribution in [2.45, 2.75) is 52.4 Å². The number of alkyl carbamates (subject to hydrolysis) is 1. The van der Waals surface area contributed by atoms with E-state index >= 15 is 0 Å². The predicted octanol–water partition coefficient (Wildman–Crippen LogP) is 2.96. The van der Waals surface area contributed by atoms with E-state index in [9.17, 15) is 9.59 Å². The first-order chi connectivity index (χ1) is 12.5. The number of hydrogen-bond donors (Lipinski definition) is 1. The number of carbonyl (C=O) groups is 2. The maximum Gasteiger partial charge on any atom is 0.407 e. The van der Waals surface area contributed by atoms with Crippen molar-refractivity contribution in [3.05, 3.63) is 35.9 Å². The Morgan fingerprint density at radius 2 is 1.85 bits per heavy atom. The first-order valence-electron chi connectivity index (χ1n) is 9.38. The molecule has 1 saturated heterocycles. The fraction of sp³-hybridized carbons (Fsp3) is 0.600. The molecule has 0 bridgehead atoms. The van der Waals surface area contributed by atoms with Gasteiger partial charge in [0, 0.05) is 13.1 Å². The van der Waals surface area contributed by atoms with E-state index < -0.39 is 12.1 Å². The zero-order chi connectivity index (χ0) is 18.9. The highest BCUT2D eigenvalue weighted by Crippen LogP contribution is 2.18. The number of benzene rings is 1. The molecule has 1 atom stereocenters. The van der Waals surface area contributed by atoms with Gasteiger partial charge in [0.25, 0.3) is 0 Å². The van der Waals surface area contributed by atoms with E-state index in [0.717, 1.165) is 18.4 Å². The lowest BCUT2D eigenvalue weighted by molar-refractivity contribution is -0.137. The van der Waals surface area contributed by atoms with Gasteiger partial charge in [-0.2, -0.15) is 0 Å². The summed E-state index contributed by atoms with van der Waals surface area (Å²) >= 11 is 0. The Morgan fingerprint density at radius 3 is 2.42 bits per heavy atom. The summed E-state index contributed by atoms with van der Waals surface area (Å²) in [6.45, 7) is 7.76. The van der Waals surface area contributed by atoms with Crippen molar-refractivity contribution in [3.8, 4) is 0 Å². The summed E-state index contributed by atoms with van der Waals surface area (Å²) in [5.74, 6) is -0.0477. The summed E-state index contributed by atoms with van der Waals surface area (Å²) < 4.78 is 10.9. The van der Waals surface area contributed by atoms with Crippen LogP contribution in [0.3, 0.4) is 0 Å². The summed E-state index contributed by atoms with van der Waals surface area (Å²) in [5, 5.41) is 2.69. The average Bonchev–Trinajstić information content (AvgIpc) is 2.65. The lowest BCUT2D eigenvalue weighted by atomic mass is 10.0. The first-order valence-corrected chi connectivity index (χ1v) is 9.38. The van der Waals surface area contributed by atoms with Crippen LogP contribution in [0.4, 0.5) is 4.79 Å². The minimum absolute atomic E-state index is 0.000963. The van der Waals surface area contributed by atoms with E-state index in [1.54, 1.807) is 6.92 Å². The molecule has 144 valence electrons. The summed E-state index contributed by atoms with van der Waals surface area (Å²) in [5.41, 5.74) is 1.16. The highest BCUT2D eigenvalue weighted by atomic mass is 16.5. The van der Waals surface area contributed by atoms with Crippen molar-refractivity contribution in [2.24, 2.45) is 5.92 Å². The van der Waals surface area contributed by atoms with Gasteiger partial charge in [0.15, 0.2) is 0 Å². The molecule has 1 unspecified atom stereocenters. The summed E-state index contributed by atoms with van der Waals surface area (Å²) in [7, 11) is 0. The van der Waals surface area contributed by atoms with E-state index in [2.05, 4.69) is 5.32 Å². The van der Waals surface area contributed by atoms with Crippen molar-refractivity contribution >= 4 is 12.0 Å². The number of hydrogen-bond acceptors (Lipinski definition) is 4.